The van der Waals surface area contributed by atoms with Gasteiger partial charge in [-0.05, 0) is 50.4 Å². The molecule has 0 radical (unpaired) electrons. The molecular formula is C14H24O2. The Morgan fingerprint density at radius 2 is 1.69 bits per heavy atom. The number of hydrogen-bond donors (Lipinski definition) is 2. The van der Waals surface area contributed by atoms with E-state index in [2.05, 4.69) is 0 Å². The van der Waals surface area contributed by atoms with Crippen LogP contribution in [0.4, 0.5) is 0 Å². The highest BCUT2D eigenvalue weighted by atomic mass is 16.3. The van der Waals surface area contributed by atoms with Crippen molar-refractivity contribution in [2.45, 2.75) is 69.5 Å². The van der Waals surface area contributed by atoms with Gasteiger partial charge in [-0.25, -0.2) is 0 Å². The van der Waals surface area contributed by atoms with Gasteiger partial charge in [0.05, 0.1) is 11.7 Å². The summed E-state index contributed by atoms with van der Waals surface area (Å²) in [7, 11) is 0. The minimum atomic E-state index is -0.513. The van der Waals surface area contributed by atoms with Crippen LogP contribution >= 0.6 is 0 Å². The van der Waals surface area contributed by atoms with E-state index < -0.39 is 5.60 Å². The molecule has 4 atom stereocenters. The third-order valence-electron chi connectivity index (χ3n) is 5.50. The highest BCUT2D eigenvalue weighted by Crippen LogP contribution is 2.53. The predicted molar refractivity (Wildman–Crippen MR) is 63.0 cm³/mol. The fourth-order valence-electron chi connectivity index (χ4n) is 4.69. The summed E-state index contributed by atoms with van der Waals surface area (Å²) in [6.07, 6.45) is 10.2. The lowest BCUT2D eigenvalue weighted by Gasteiger charge is -2.55. The van der Waals surface area contributed by atoms with Crippen molar-refractivity contribution in [3.63, 3.8) is 0 Å². The summed E-state index contributed by atoms with van der Waals surface area (Å²) < 4.78 is 0. The van der Waals surface area contributed by atoms with Crippen molar-refractivity contribution in [3.05, 3.63) is 0 Å². The summed E-state index contributed by atoms with van der Waals surface area (Å²) in [4.78, 5) is 0. The molecule has 0 aromatic heterocycles. The molecular weight excluding hydrogens is 200 g/mol. The van der Waals surface area contributed by atoms with Gasteiger partial charge in [0.25, 0.3) is 0 Å². The smallest absolute Gasteiger partial charge is 0.0731 e. The van der Waals surface area contributed by atoms with E-state index in [1.54, 1.807) is 0 Å². The quantitative estimate of drug-likeness (QED) is 0.718. The average molecular weight is 224 g/mol. The van der Waals surface area contributed by atoms with Crippen LogP contribution in [0.15, 0.2) is 0 Å². The van der Waals surface area contributed by atoms with Crippen molar-refractivity contribution in [1.82, 2.24) is 0 Å². The molecule has 4 aliphatic carbocycles. The predicted octanol–water partition coefficient (Wildman–Crippen LogP) is 2.48. The van der Waals surface area contributed by atoms with Gasteiger partial charge in [0, 0.05) is 5.92 Å². The SMILES string of the molecule is O[C@H]1C[C@@H]2CC[C@H]1[C@@](O)(C1CCCCC1)C2. The van der Waals surface area contributed by atoms with E-state index >= 15 is 0 Å². The van der Waals surface area contributed by atoms with E-state index in [0.29, 0.717) is 11.8 Å². The molecule has 0 heterocycles. The van der Waals surface area contributed by atoms with Crippen molar-refractivity contribution in [3.8, 4) is 0 Å². The van der Waals surface area contributed by atoms with Crippen LogP contribution in [-0.4, -0.2) is 21.9 Å². The largest absolute Gasteiger partial charge is 0.393 e. The van der Waals surface area contributed by atoms with Gasteiger partial charge in [0.1, 0.15) is 0 Å². The lowest BCUT2D eigenvalue weighted by molar-refractivity contribution is -0.184. The van der Waals surface area contributed by atoms with Crippen LogP contribution in [-0.2, 0) is 0 Å². The maximum atomic E-state index is 11.0. The molecule has 4 rings (SSSR count). The number of rotatable bonds is 1. The van der Waals surface area contributed by atoms with Gasteiger partial charge in [-0.2, -0.15) is 0 Å². The fraction of sp³-hybridized carbons (Fsp3) is 1.00. The van der Waals surface area contributed by atoms with Crippen molar-refractivity contribution < 1.29 is 10.2 Å². The van der Waals surface area contributed by atoms with Gasteiger partial charge < -0.3 is 10.2 Å². The van der Waals surface area contributed by atoms with E-state index in [-0.39, 0.29) is 12.0 Å². The fourth-order valence-corrected chi connectivity index (χ4v) is 4.69. The molecule has 0 aromatic rings. The number of fused-ring (bicyclic) bond motifs is 3. The van der Waals surface area contributed by atoms with Crippen LogP contribution in [0.2, 0.25) is 0 Å². The van der Waals surface area contributed by atoms with Crippen LogP contribution in [0.1, 0.15) is 57.8 Å². The molecule has 0 aliphatic heterocycles. The van der Waals surface area contributed by atoms with Gasteiger partial charge in [-0.3, -0.25) is 0 Å². The summed E-state index contributed by atoms with van der Waals surface area (Å²) in [6.45, 7) is 0. The molecule has 2 nitrogen and oxygen atoms in total. The van der Waals surface area contributed by atoms with Crippen LogP contribution in [0.5, 0.6) is 0 Å². The zero-order valence-corrected chi connectivity index (χ0v) is 10.1. The second-order valence-corrected chi connectivity index (χ2v) is 6.38. The minimum absolute atomic E-state index is 0.181. The van der Waals surface area contributed by atoms with E-state index in [4.69, 9.17) is 0 Å². The molecule has 4 aliphatic rings. The Bertz CT molecular complexity index is 259. The lowest BCUT2D eigenvalue weighted by Crippen LogP contribution is -2.58. The van der Waals surface area contributed by atoms with E-state index in [1.165, 1.54) is 38.5 Å². The molecule has 0 spiro atoms. The van der Waals surface area contributed by atoms with Gasteiger partial charge in [-0.15, -0.1) is 0 Å². The highest BCUT2D eigenvalue weighted by Gasteiger charge is 2.54. The first kappa shape index (κ1) is 11.0. The molecule has 4 saturated carbocycles. The second kappa shape index (κ2) is 3.99. The van der Waals surface area contributed by atoms with Crippen molar-refractivity contribution >= 4 is 0 Å². The van der Waals surface area contributed by atoms with E-state index in [9.17, 15) is 10.2 Å². The molecule has 0 amide bonds. The summed E-state index contributed by atoms with van der Waals surface area (Å²) in [5.41, 5.74) is -0.513. The van der Waals surface area contributed by atoms with Gasteiger partial charge in [-0.1, -0.05) is 19.3 Å². The third-order valence-corrected chi connectivity index (χ3v) is 5.50. The standard InChI is InChI=1S/C14H24O2/c15-13-8-10-6-7-12(13)14(16,9-10)11-4-2-1-3-5-11/h10-13,15-16H,1-9H2/t10-,12+,13-,14-/m0/s1. The first-order valence-corrected chi connectivity index (χ1v) is 7.10. The van der Waals surface area contributed by atoms with E-state index in [1.807, 2.05) is 0 Å². The van der Waals surface area contributed by atoms with Crippen molar-refractivity contribution in [2.24, 2.45) is 17.8 Å². The van der Waals surface area contributed by atoms with Crippen molar-refractivity contribution in [2.75, 3.05) is 0 Å². The number of aliphatic hydroxyl groups excluding tert-OH is 1. The molecule has 0 unspecified atom stereocenters. The van der Waals surface area contributed by atoms with Crippen LogP contribution in [0, 0.1) is 17.8 Å². The summed E-state index contributed by atoms with van der Waals surface area (Å²) in [6, 6.07) is 0. The Kier molecular flexibility index (Phi) is 2.75. The third kappa shape index (κ3) is 1.62. The maximum absolute atomic E-state index is 11.0. The Labute approximate surface area is 98.1 Å². The minimum Gasteiger partial charge on any atom is -0.393 e. The molecule has 0 aromatic carbocycles. The Hall–Kier alpha value is -0.0800. The summed E-state index contributed by atoms with van der Waals surface area (Å²) in [5, 5.41) is 21.1. The Morgan fingerprint density at radius 3 is 2.31 bits per heavy atom. The molecule has 16 heavy (non-hydrogen) atoms. The molecule has 4 fully saturated rings. The molecule has 2 bridgehead atoms. The molecule has 2 heteroatoms. The maximum Gasteiger partial charge on any atom is 0.0731 e. The van der Waals surface area contributed by atoms with Gasteiger partial charge in [0.2, 0.25) is 0 Å². The monoisotopic (exact) mass is 224 g/mol. The Morgan fingerprint density at radius 1 is 0.938 bits per heavy atom. The lowest BCUT2D eigenvalue weighted by atomic mass is 9.55. The zero-order chi connectivity index (χ0) is 11.2. The molecule has 2 N–H and O–H groups in total. The first-order valence-electron chi connectivity index (χ1n) is 7.10. The average Bonchev–Trinajstić information content (AvgIpc) is 2.30. The summed E-state index contributed by atoms with van der Waals surface area (Å²) in [5.74, 6) is 1.25. The molecule has 0 saturated heterocycles. The van der Waals surface area contributed by atoms with E-state index in [0.717, 1.165) is 19.3 Å². The highest BCUT2D eigenvalue weighted by molar-refractivity contribution is 5.05. The van der Waals surface area contributed by atoms with Crippen LogP contribution in [0.25, 0.3) is 0 Å². The topological polar surface area (TPSA) is 40.5 Å². The van der Waals surface area contributed by atoms with Crippen LogP contribution in [0.3, 0.4) is 0 Å². The van der Waals surface area contributed by atoms with Gasteiger partial charge in [0.15, 0.2) is 0 Å². The van der Waals surface area contributed by atoms with Gasteiger partial charge >= 0.3 is 0 Å². The first-order chi connectivity index (χ1) is 7.70. The van der Waals surface area contributed by atoms with Crippen molar-refractivity contribution in [1.29, 1.82) is 0 Å². The number of hydrogen-bond acceptors (Lipinski definition) is 2. The van der Waals surface area contributed by atoms with Crippen LogP contribution < -0.4 is 0 Å². The summed E-state index contributed by atoms with van der Waals surface area (Å²) >= 11 is 0. The number of aliphatic hydroxyl groups is 2. The normalized spacial score (nSPS) is 49.5. The second-order valence-electron chi connectivity index (χ2n) is 6.38. The molecule has 92 valence electrons. The zero-order valence-electron chi connectivity index (χ0n) is 10.1. The Balaban J connectivity index is 1.80.